The van der Waals surface area contributed by atoms with Crippen LogP contribution in [0.3, 0.4) is 0 Å². The maximum absolute atomic E-state index is 12.4. The van der Waals surface area contributed by atoms with Gasteiger partial charge in [-0.1, -0.05) is 28.9 Å². The number of hydrogen-bond acceptors (Lipinski definition) is 2. The summed E-state index contributed by atoms with van der Waals surface area (Å²) < 4.78 is 0.990. The molecule has 0 bridgehead atoms. The molecule has 3 nitrogen and oxygen atoms in total. The average Bonchev–Trinajstić information content (AvgIpc) is 2.37. The second-order valence-corrected chi connectivity index (χ2v) is 5.41. The maximum atomic E-state index is 12.4. The smallest absolute Gasteiger partial charge is 0.231 e. The van der Waals surface area contributed by atoms with Crippen molar-refractivity contribution in [3.63, 3.8) is 0 Å². The van der Waals surface area contributed by atoms with E-state index >= 15 is 0 Å². The van der Waals surface area contributed by atoms with Gasteiger partial charge in [0.05, 0.1) is 5.92 Å². The summed E-state index contributed by atoms with van der Waals surface area (Å²) in [5.41, 5.74) is 2.07. The van der Waals surface area contributed by atoms with Gasteiger partial charge < -0.3 is 10.2 Å². The number of nitrogens with zero attached hydrogens (tertiary/aromatic N) is 1. The monoisotopic (exact) mass is 312 g/mol. The first-order valence-electron chi connectivity index (χ1n) is 6.19. The number of halogens is 1. The van der Waals surface area contributed by atoms with Gasteiger partial charge in [-0.2, -0.15) is 0 Å². The Kier molecular flexibility index (Phi) is 5.82. The normalized spacial score (nSPS) is 12.3. The first kappa shape index (κ1) is 15.2. The molecule has 0 saturated carbocycles. The minimum Gasteiger partial charge on any atom is -0.319 e. The topological polar surface area (TPSA) is 32.3 Å². The van der Waals surface area contributed by atoms with E-state index in [4.69, 9.17) is 0 Å². The van der Waals surface area contributed by atoms with Gasteiger partial charge in [0.1, 0.15) is 0 Å². The fourth-order valence-electron chi connectivity index (χ4n) is 1.99. The largest absolute Gasteiger partial charge is 0.319 e. The summed E-state index contributed by atoms with van der Waals surface area (Å²) in [5.74, 6) is 0.187. The van der Waals surface area contributed by atoms with Crippen LogP contribution in [0.1, 0.15) is 18.9 Å². The SMILES string of the molecule is CCC(CNC)C(=O)N(C)c1cc(Br)ccc1C. The predicted octanol–water partition coefficient (Wildman–Crippen LogP) is 2.97. The third-order valence-corrected chi connectivity index (χ3v) is 3.65. The third kappa shape index (κ3) is 3.56. The van der Waals surface area contributed by atoms with Gasteiger partial charge in [-0.3, -0.25) is 4.79 Å². The Bertz CT molecular complexity index is 420. The van der Waals surface area contributed by atoms with Crippen LogP contribution >= 0.6 is 15.9 Å². The molecule has 0 saturated heterocycles. The number of nitrogens with one attached hydrogen (secondary N) is 1. The average molecular weight is 313 g/mol. The van der Waals surface area contributed by atoms with E-state index < -0.39 is 0 Å². The molecule has 1 N–H and O–H groups in total. The van der Waals surface area contributed by atoms with Gasteiger partial charge >= 0.3 is 0 Å². The summed E-state index contributed by atoms with van der Waals surface area (Å²) in [5, 5.41) is 3.08. The van der Waals surface area contributed by atoms with Gasteiger partial charge in [-0.05, 0) is 38.1 Å². The first-order chi connectivity index (χ1) is 8.51. The summed E-state index contributed by atoms with van der Waals surface area (Å²) in [6, 6.07) is 5.99. The number of anilines is 1. The van der Waals surface area contributed by atoms with Crippen LogP contribution in [0.2, 0.25) is 0 Å². The number of carbonyl (C=O) groups excluding carboxylic acids is 1. The minimum atomic E-state index is 0.0263. The second kappa shape index (κ2) is 6.90. The summed E-state index contributed by atoms with van der Waals surface area (Å²) in [4.78, 5) is 14.2. The van der Waals surface area contributed by atoms with Gasteiger partial charge in [0.25, 0.3) is 0 Å². The Hall–Kier alpha value is -0.870. The second-order valence-electron chi connectivity index (χ2n) is 4.49. The van der Waals surface area contributed by atoms with E-state index in [0.29, 0.717) is 6.54 Å². The maximum Gasteiger partial charge on any atom is 0.231 e. The Morgan fingerprint density at radius 2 is 2.17 bits per heavy atom. The lowest BCUT2D eigenvalue weighted by Crippen LogP contribution is -2.37. The molecule has 1 aromatic carbocycles. The van der Waals surface area contributed by atoms with Crippen molar-refractivity contribution in [3.8, 4) is 0 Å². The van der Waals surface area contributed by atoms with Crippen molar-refractivity contribution in [2.45, 2.75) is 20.3 Å². The van der Waals surface area contributed by atoms with Crippen LogP contribution in [-0.2, 0) is 4.79 Å². The van der Waals surface area contributed by atoms with Crippen LogP contribution in [-0.4, -0.2) is 26.5 Å². The van der Waals surface area contributed by atoms with Crippen molar-refractivity contribution in [2.24, 2.45) is 5.92 Å². The standard InChI is InChI=1S/C14H21BrN2O/c1-5-11(9-16-3)14(18)17(4)13-8-12(15)7-6-10(13)2/h6-8,11,16H,5,9H2,1-4H3. The highest BCUT2D eigenvalue weighted by Gasteiger charge is 2.21. The number of hydrogen-bond donors (Lipinski definition) is 1. The Morgan fingerprint density at radius 3 is 2.72 bits per heavy atom. The van der Waals surface area contributed by atoms with Crippen molar-refractivity contribution in [1.82, 2.24) is 5.32 Å². The Balaban J connectivity index is 2.94. The zero-order chi connectivity index (χ0) is 13.7. The molecule has 1 amide bonds. The van der Waals surface area contributed by atoms with Crippen molar-refractivity contribution < 1.29 is 4.79 Å². The highest BCUT2D eigenvalue weighted by molar-refractivity contribution is 9.10. The molecule has 0 aromatic heterocycles. The van der Waals surface area contributed by atoms with E-state index in [2.05, 4.69) is 21.2 Å². The van der Waals surface area contributed by atoms with Crippen molar-refractivity contribution in [2.75, 3.05) is 25.5 Å². The van der Waals surface area contributed by atoms with Crippen LogP contribution in [0.15, 0.2) is 22.7 Å². The van der Waals surface area contributed by atoms with E-state index in [0.717, 1.165) is 22.1 Å². The molecule has 0 aliphatic heterocycles. The molecule has 0 aliphatic carbocycles. The minimum absolute atomic E-state index is 0.0263. The predicted molar refractivity (Wildman–Crippen MR) is 80.0 cm³/mol. The zero-order valence-corrected chi connectivity index (χ0v) is 13.0. The summed E-state index contributed by atoms with van der Waals surface area (Å²) >= 11 is 3.45. The van der Waals surface area contributed by atoms with E-state index in [1.165, 1.54) is 0 Å². The summed E-state index contributed by atoms with van der Waals surface area (Å²) in [7, 11) is 3.72. The van der Waals surface area contributed by atoms with E-state index in [1.54, 1.807) is 4.90 Å². The summed E-state index contributed by atoms with van der Waals surface area (Å²) in [6.07, 6.45) is 0.844. The van der Waals surface area contributed by atoms with Crippen LogP contribution in [0.5, 0.6) is 0 Å². The molecular weight excluding hydrogens is 292 g/mol. The molecule has 1 aromatic rings. The van der Waals surface area contributed by atoms with Gasteiger partial charge in [0.15, 0.2) is 0 Å². The fraction of sp³-hybridized carbons (Fsp3) is 0.500. The molecule has 18 heavy (non-hydrogen) atoms. The van der Waals surface area contributed by atoms with Gasteiger partial charge in [-0.25, -0.2) is 0 Å². The number of rotatable bonds is 5. The zero-order valence-electron chi connectivity index (χ0n) is 11.5. The van der Waals surface area contributed by atoms with Crippen LogP contribution in [0.4, 0.5) is 5.69 Å². The quantitative estimate of drug-likeness (QED) is 0.906. The molecule has 0 fully saturated rings. The third-order valence-electron chi connectivity index (χ3n) is 3.16. The molecule has 1 rings (SSSR count). The molecular formula is C14H21BrN2O. The highest BCUT2D eigenvalue weighted by atomic mass is 79.9. The van der Waals surface area contributed by atoms with Crippen LogP contribution in [0, 0.1) is 12.8 Å². The summed E-state index contributed by atoms with van der Waals surface area (Å²) in [6.45, 7) is 4.78. The lowest BCUT2D eigenvalue weighted by Gasteiger charge is -2.24. The molecule has 0 aliphatic rings. The van der Waals surface area contributed by atoms with Crippen molar-refractivity contribution >= 4 is 27.5 Å². The van der Waals surface area contributed by atoms with Gasteiger partial charge in [-0.15, -0.1) is 0 Å². The molecule has 4 heteroatoms. The highest BCUT2D eigenvalue weighted by Crippen LogP contribution is 2.25. The van der Waals surface area contributed by atoms with E-state index in [-0.39, 0.29) is 11.8 Å². The molecule has 1 unspecified atom stereocenters. The van der Waals surface area contributed by atoms with Crippen LogP contribution < -0.4 is 10.2 Å². The number of benzene rings is 1. The molecule has 100 valence electrons. The molecule has 0 heterocycles. The fourth-order valence-corrected chi connectivity index (χ4v) is 2.34. The number of aryl methyl sites for hydroxylation is 1. The van der Waals surface area contributed by atoms with E-state index in [1.807, 2.05) is 46.1 Å². The number of carbonyl (C=O) groups is 1. The van der Waals surface area contributed by atoms with Crippen LogP contribution in [0.25, 0.3) is 0 Å². The first-order valence-corrected chi connectivity index (χ1v) is 6.98. The van der Waals surface area contributed by atoms with E-state index in [9.17, 15) is 4.79 Å². The number of amides is 1. The van der Waals surface area contributed by atoms with Gasteiger partial charge in [0.2, 0.25) is 5.91 Å². The molecule has 0 spiro atoms. The van der Waals surface area contributed by atoms with Crippen molar-refractivity contribution in [1.29, 1.82) is 0 Å². The molecule has 1 atom stereocenters. The lowest BCUT2D eigenvalue weighted by molar-refractivity contribution is -0.122. The lowest BCUT2D eigenvalue weighted by atomic mass is 10.0. The van der Waals surface area contributed by atoms with Gasteiger partial charge in [0, 0.05) is 23.8 Å². The van der Waals surface area contributed by atoms with Crippen molar-refractivity contribution in [3.05, 3.63) is 28.2 Å². The molecule has 0 radical (unpaired) electrons. The Morgan fingerprint density at radius 1 is 1.50 bits per heavy atom. The Labute approximate surface area is 118 Å².